The van der Waals surface area contributed by atoms with Gasteiger partial charge in [-0.3, -0.25) is 11.3 Å². The number of hydrogen-bond donors (Lipinski definition) is 2. The topological polar surface area (TPSA) is 38.0 Å². The van der Waals surface area contributed by atoms with Crippen LogP contribution in [-0.4, -0.2) is 0 Å². The van der Waals surface area contributed by atoms with E-state index in [-0.39, 0.29) is 6.04 Å². The normalized spacial score (nSPS) is 12.5. The Bertz CT molecular complexity index is 379. The van der Waals surface area contributed by atoms with E-state index in [1.54, 1.807) is 0 Å². The number of nitrogens with two attached hydrogens (primary N) is 1. The van der Waals surface area contributed by atoms with Crippen molar-refractivity contribution >= 4 is 34.2 Å². The predicted octanol–water partition coefficient (Wildman–Crippen LogP) is 3.81. The second-order valence-electron chi connectivity index (χ2n) is 3.89. The molecule has 0 saturated carbocycles. The summed E-state index contributed by atoms with van der Waals surface area (Å²) < 4.78 is 1.05. The zero-order chi connectivity index (χ0) is 12.1. The van der Waals surface area contributed by atoms with Gasteiger partial charge in [0.15, 0.2) is 0 Å². The molecule has 1 aromatic rings. The molecule has 3 N–H and O–H groups in total. The van der Waals surface area contributed by atoms with Crippen molar-refractivity contribution in [2.45, 2.75) is 25.8 Å². The van der Waals surface area contributed by atoms with Gasteiger partial charge in [-0.05, 0) is 60.1 Å². The molecule has 0 aliphatic carbocycles. The van der Waals surface area contributed by atoms with Crippen molar-refractivity contribution in [2.24, 2.45) is 5.84 Å². The Labute approximate surface area is 115 Å². The SMILES string of the molecule is C=C(C)CCC(NN)c1ccc(I)c(Cl)c1. The molecule has 0 aliphatic rings. The van der Waals surface area contributed by atoms with Crippen LogP contribution in [0.1, 0.15) is 31.4 Å². The molecule has 0 radical (unpaired) electrons. The fourth-order valence-corrected chi connectivity index (χ4v) is 1.99. The van der Waals surface area contributed by atoms with Crippen molar-refractivity contribution in [3.8, 4) is 0 Å². The highest BCUT2D eigenvalue weighted by Gasteiger charge is 2.10. The van der Waals surface area contributed by atoms with Crippen molar-refractivity contribution in [3.63, 3.8) is 0 Å². The van der Waals surface area contributed by atoms with Gasteiger partial charge in [-0.15, -0.1) is 6.58 Å². The first-order valence-corrected chi connectivity index (χ1v) is 6.55. The molecule has 1 aromatic carbocycles. The van der Waals surface area contributed by atoms with Crippen molar-refractivity contribution in [2.75, 3.05) is 0 Å². The zero-order valence-corrected chi connectivity index (χ0v) is 12.2. The molecular weight excluding hydrogens is 335 g/mol. The van der Waals surface area contributed by atoms with Gasteiger partial charge >= 0.3 is 0 Å². The molecule has 0 bridgehead atoms. The van der Waals surface area contributed by atoms with Gasteiger partial charge in [0.25, 0.3) is 0 Å². The minimum absolute atomic E-state index is 0.131. The first-order chi connectivity index (χ1) is 7.54. The first kappa shape index (κ1) is 14.0. The highest BCUT2D eigenvalue weighted by atomic mass is 127. The van der Waals surface area contributed by atoms with E-state index in [1.165, 1.54) is 0 Å². The van der Waals surface area contributed by atoms with Crippen LogP contribution in [0.25, 0.3) is 0 Å². The van der Waals surface area contributed by atoms with Crippen LogP contribution < -0.4 is 11.3 Å². The number of benzene rings is 1. The third kappa shape index (κ3) is 4.05. The molecule has 0 heterocycles. The minimum Gasteiger partial charge on any atom is -0.271 e. The van der Waals surface area contributed by atoms with Gasteiger partial charge in [-0.2, -0.15) is 0 Å². The van der Waals surface area contributed by atoms with E-state index < -0.39 is 0 Å². The number of hydrazine groups is 1. The summed E-state index contributed by atoms with van der Waals surface area (Å²) in [5.41, 5.74) is 5.10. The highest BCUT2D eigenvalue weighted by Crippen LogP contribution is 2.25. The van der Waals surface area contributed by atoms with Crippen LogP contribution in [0.5, 0.6) is 0 Å². The third-order valence-corrected chi connectivity index (χ3v) is 3.98. The molecule has 0 spiro atoms. The predicted molar refractivity (Wildman–Crippen MR) is 78.3 cm³/mol. The Kier molecular flexibility index (Phi) is 5.75. The molecule has 4 heteroatoms. The van der Waals surface area contributed by atoms with Crippen molar-refractivity contribution in [1.29, 1.82) is 0 Å². The average Bonchev–Trinajstić information content (AvgIpc) is 2.23. The Hall–Kier alpha value is -0.100. The van der Waals surface area contributed by atoms with E-state index in [1.807, 2.05) is 19.1 Å². The van der Waals surface area contributed by atoms with E-state index in [0.29, 0.717) is 0 Å². The number of hydrogen-bond acceptors (Lipinski definition) is 2. The van der Waals surface area contributed by atoms with Gasteiger partial charge in [0.05, 0.1) is 5.02 Å². The smallest absolute Gasteiger partial charge is 0.0542 e. The molecule has 0 aliphatic heterocycles. The number of halogens is 2. The molecule has 1 rings (SSSR count). The lowest BCUT2D eigenvalue weighted by molar-refractivity contribution is 0.515. The van der Waals surface area contributed by atoms with E-state index in [2.05, 4.69) is 40.7 Å². The third-order valence-electron chi connectivity index (χ3n) is 2.41. The van der Waals surface area contributed by atoms with Crippen molar-refractivity contribution in [3.05, 3.63) is 44.5 Å². The fourth-order valence-electron chi connectivity index (χ4n) is 1.47. The summed E-state index contributed by atoms with van der Waals surface area (Å²) in [6.07, 6.45) is 1.89. The van der Waals surface area contributed by atoms with E-state index in [9.17, 15) is 0 Å². The van der Waals surface area contributed by atoms with Gasteiger partial charge in [0, 0.05) is 9.61 Å². The largest absolute Gasteiger partial charge is 0.271 e. The maximum atomic E-state index is 6.08. The molecule has 88 valence electrons. The van der Waals surface area contributed by atoms with Crippen LogP contribution in [0, 0.1) is 3.57 Å². The molecule has 16 heavy (non-hydrogen) atoms. The van der Waals surface area contributed by atoms with Crippen LogP contribution in [0.15, 0.2) is 30.4 Å². The molecular formula is C12H16ClIN2. The Morgan fingerprint density at radius 3 is 2.81 bits per heavy atom. The molecule has 0 fully saturated rings. The first-order valence-electron chi connectivity index (χ1n) is 5.10. The summed E-state index contributed by atoms with van der Waals surface area (Å²) in [5.74, 6) is 5.55. The lowest BCUT2D eigenvalue weighted by atomic mass is 10.0. The van der Waals surface area contributed by atoms with Crippen LogP contribution in [0.4, 0.5) is 0 Å². The van der Waals surface area contributed by atoms with Gasteiger partial charge in [0.1, 0.15) is 0 Å². The molecule has 1 atom stereocenters. The molecule has 1 unspecified atom stereocenters. The van der Waals surface area contributed by atoms with Gasteiger partial charge < -0.3 is 0 Å². The highest BCUT2D eigenvalue weighted by molar-refractivity contribution is 14.1. The van der Waals surface area contributed by atoms with Gasteiger partial charge in [-0.25, -0.2) is 0 Å². The molecule has 2 nitrogen and oxygen atoms in total. The molecule has 0 amide bonds. The number of rotatable bonds is 5. The van der Waals surface area contributed by atoms with Crippen LogP contribution in [0.3, 0.4) is 0 Å². The summed E-state index contributed by atoms with van der Waals surface area (Å²) in [5, 5.41) is 0.772. The minimum atomic E-state index is 0.131. The zero-order valence-electron chi connectivity index (χ0n) is 9.26. The summed E-state index contributed by atoms with van der Waals surface area (Å²) in [7, 11) is 0. The van der Waals surface area contributed by atoms with Crippen molar-refractivity contribution in [1.82, 2.24) is 5.43 Å². The Morgan fingerprint density at radius 2 is 2.31 bits per heavy atom. The average molecular weight is 351 g/mol. The molecule has 0 aromatic heterocycles. The second kappa shape index (κ2) is 6.59. The summed E-state index contributed by atoms with van der Waals surface area (Å²) in [6, 6.07) is 6.15. The summed E-state index contributed by atoms with van der Waals surface area (Å²) >= 11 is 8.29. The number of nitrogens with one attached hydrogen (secondary N) is 1. The van der Waals surface area contributed by atoms with Gasteiger partial charge in [0.2, 0.25) is 0 Å². The monoisotopic (exact) mass is 350 g/mol. The number of allylic oxidation sites excluding steroid dienone is 1. The Balaban J connectivity index is 2.78. The molecule has 0 saturated heterocycles. The summed E-state index contributed by atoms with van der Waals surface area (Å²) in [4.78, 5) is 0. The van der Waals surface area contributed by atoms with Crippen molar-refractivity contribution < 1.29 is 0 Å². The van der Waals surface area contributed by atoms with E-state index >= 15 is 0 Å². The summed E-state index contributed by atoms with van der Waals surface area (Å²) in [6.45, 7) is 5.91. The van der Waals surface area contributed by atoms with Crippen LogP contribution in [0.2, 0.25) is 5.02 Å². The maximum absolute atomic E-state index is 6.08. The standard InChI is InChI=1S/C12H16ClIN2/c1-8(2)3-6-12(16-15)9-4-5-11(14)10(13)7-9/h4-5,7,12,16H,1,3,6,15H2,2H3. The van der Waals surface area contributed by atoms with E-state index in [4.69, 9.17) is 17.4 Å². The quantitative estimate of drug-likeness (QED) is 0.367. The van der Waals surface area contributed by atoms with Gasteiger partial charge in [-0.1, -0.05) is 23.2 Å². The fraction of sp³-hybridized carbons (Fsp3) is 0.333. The van der Waals surface area contributed by atoms with Crippen LogP contribution >= 0.6 is 34.2 Å². The second-order valence-corrected chi connectivity index (χ2v) is 5.46. The Morgan fingerprint density at radius 1 is 1.62 bits per heavy atom. The van der Waals surface area contributed by atoms with Crippen LogP contribution in [-0.2, 0) is 0 Å². The lowest BCUT2D eigenvalue weighted by Crippen LogP contribution is -2.28. The lowest BCUT2D eigenvalue weighted by Gasteiger charge is -2.16. The maximum Gasteiger partial charge on any atom is 0.0542 e. The van der Waals surface area contributed by atoms with E-state index in [0.717, 1.165) is 32.6 Å².